The molecule has 0 saturated heterocycles. The van der Waals surface area contributed by atoms with E-state index in [1.54, 1.807) is 17.8 Å². The second-order valence-corrected chi connectivity index (χ2v) is 5.53. The van der Waals surface area contributed by atoms with Gasteiger partial charge in [-0.3, -0.25) is 9.78 Å². The molecule has 2 heterocycles. The van der Waals surface area contributed by atoms with Crippen LogP contribution in [0, 0.1) is 0 Å². The van der Waals surface area contributed by atoms with E-state index >= 15 is 0 Å². The van der Waals surface area contributed by atoms with Gasteiger partial charge in [-0.25, -0.2) is 0 Å². The number of aliphatic hydroxyl groups is 1. The molecule has 0 fully saturated rings. The Bertz CT molecular complexity index is 743. The van der Waals surface area contributed by atoms with Gasteiger partial charge in [-0.05, 0) is 12.5 Å². The van der Waals surface area contributed by atoms with E-state index in [1.165, 1.54) is 0 Å². The number of fused-ring (bicyclic) bond motifs is 1. The van der Waals surface area contributed by atoms with Crippen LogP contribution in [-0.2, 0) is 19.2 Å². The molecule has 6 heteroatoms. The summed E-state index contributed by atoms with van der Waals surface area (Å²) in [6.07, 6.45) is 5.33. The Balaban J connectivity index is 1.67. The standard InChI is InChI=1S/C15H19N5O/c1-15(21,13-8-18-20(2)9-13)10-16-6-11-4-3-5-12-7-17-19-14(11)12/h3-5,7-9,16,21H,6,10H2,1-2H3,(H,17,19). The number of aromatic nitrogens is 4. The zero-order chi connectivity index (χ0) is 14.9. The van der Waals surface area contributed by atoms with Crippen molar-refractivity contribution in [3.63, 3.8) is 0 Å². The molecule has 110 valence electrons. The Hall–Kier alpha value is -2.18. The van der Waals surface area contributed by atoms with Crippen molar-refractivity contribution in [2.45, 2.75) is 19.1 Å². The summed E-state index contributed by atoms with van der Waals surface area (Å²) >= 11 is 0. The Morgan fingerprint density at radius 2 is 2.24 bits per heavy atom. The largest absolute Gasteiger partial charge is 0.384 e. The minimum atomic E-state index is -0.948. The van der Waals surface area contributed by atoms with Crippen LogP contribution in [0.5, 0.6) is 0 Å². The van der Waals surface area contributed by atoms with Crippen LogP contribution in [0.4, 0.5) is 0 Å². The maximum absolute atomic E-state index is 10.5. The summed E-state index contributed by atoms with van der Waals surface area (Å²) in [7, 11) is 1.84. The van der Waals surface area contributed by atoms with Gasteiger partial charge < -0.3 is 10.4 Å². The summed E-state index contributed by atoms with van der Waals surface area (Å²) in [5.41, 5.74) is 2.02. The van der Waals surface area contributed by atoms with Gasteiger partial charge in [0.25, 0.3) is 0 Å². The van der Waals surface area contributed by atoms with Crippen LogP contribution in [0.3, 0.4) is 0 Å². The zero-order valence-corrected chi connectivity index (χ0v) is 12.2. The van der Waals surface area contributed by atoms with Crippen LogP contribution < -0.4 is 5.32 Å². The molecule has 3 rings (SSSR count). The lowest BCUT2D eigenvalue weighted by atomic mass is 9.99. The van der Waals surface area contributed by atoms with Gasteiger partial charge in [-0.2, -0.15) is 10.2 Å². The summed E-state index contributed by atoms with van der Waals surface area (Å²) in [6.45, 7) is 2.90. The summed E-state index contributed by atoms with van der Waals surface area (Å²) < 4.78 is 1.69. The zero-order valence-electron chi connectivity index (χ0n) is 12.2. The molecule has 0 aliphatic rings. The average molecular weight is 285 g/mol. The lowest BCUT2D eigenvalue weighted by molar-refractivity contribution is 0.0566. The molecule has 0 bridgehead atoms. The molecule has 3 N–H and O–H groups in total. The van der Waals surface area contributed by atoms with Crippen LogP contribution in [0.1, 0.15) is 18.1 Å². The molecule has 0 spiro atoms. The highest BCUT2D eigenvalue weighted by Crippen LogP contribution is 2.19. The minimum Gasteiger partial charge on any atom is -0.384 e. The van der Waals surface area contributed by atoms with Crippen molar-refractivity contribution in [3.05, 3.63) is 47.9 Å². The molecule has 2 aromatic heterocycles. The van der Waals surface area contributed by atoms with Crippen LogP contribution in [0.25, 0.3) is 10.9 Å². The van der Waals surface area contributed by atoms with Crippen molar-refractivity contribution in [2.75, 3.05) is 6.54 Å². The van der Waals surface area contributed by atoms with Crippen molar-refractivity contribution in [3.8, 4) is 0 Å². The van der Waals surface area contributed by atoms with Crippen LogP contribution in [-0.4, -0.2) is 31.6 Å². The van der Waals surface area contributed by atoms with E-state index in [1.807, 2.05) is 37.6 Å². The highest BCUT2D eigenvalue weighted by Gasteiger charge is 2.24. The summed E-state index contributed by atoms with van der Waals surface area (Å²) in [5, 5.41) is 26.1. The molecule has 6 nitrogen and oxygen atoms in total. The number of aryl methyl sites for hydroxylation is 1. The average Bonchev–Trinajstić information content (AvgIpc) is 3.07. The van der Waals surface area contributed by atoms with Crippen molar-refractivity contribution in [2.24, 2.45) is 7.05 Å². The number of hydrogen-bond acceptors (Lipinski definition) is 4. The maximum Gasteiger partial charge on any atom is 0.102 e. The van der Waals surface area contributed by atoms with Crippen molar-refractivity contribution >= 4 is 10.9 Å². The van der Waals surface area contributed by atoms with Gasteiger partial charge in [0.15, 0.2) is 0 Å². The normalized spacial score (nSPS) is 14.4. The van der Waals surface area contributed by atoms with Crippen LogP contribution in [0.2, 0.25) is 0 Å². The molecular weight excluding hydrogens is 266 g/mol. The van der Waals surface area contributed by atoms with Gasteiger partial charge in [0.1, 0.15) is 5.60 Å². The summed E-state index contributed by atoms with van der Waals surface area (Å²) in [4.78, 5) is 0. The Morgan fingerprint density at radius 1 is 1.38 bits per heavy atom. The molecule has 0 saturated carbocycles. The topological polar surface area (TPSA) is 78.8 Å². The fourth-order valence-electron chi connectivity index (χ4n) is 2.42. The first kappa shape index (κ1) is 13.8. The molecule has 0 aliphatic heterocycles. The van der Waals surface area contributed by atoms with E-state index in [2.05, 4.69) is 20.6 Å². The van der Waals surface area contributed by atoms with Crippen molar-refractivity contribution < 1.29 is 5.11 Å². The summed E-state index contributed by atoms with van der Waals surface area (Å²) in [6, 6.07) is 6.08. The van der Waals surface area contributed by atoms with E-state index in [0.717, 1.165) is 22.0 Å². The predicted octanol–water partition coefficient (Wildman–Crippen LogP) is 1.29. The van der Waals surface area contributed by atoms with Gasteiger partial charge in [-0.15, -0.1) is 0 Å². The summed E-state index contributed by atoms with van der Waals surface area (Å²) in [5.74, 6) is 0. The second-order valence-electron chi connectivity index (χ2n) is 5.53. The smallest absolute Gasteiger partial charge is 0.102 e. The Kier molecular flexibility index (Phi) is 3.48. The molecule has 0 radical (unpaired) electrons. The molecule has 1 atom stereocenters. The van der Waals surface area contributed by atoms with Gasteiger partial charge in [0, 0.05) is 37.3 Å². The minimum absolute atomic E-state index is 0.448. The van der Waals surface area contributed by atoms with Gasteiger partial charge in [0.2, 0.25) is 0 Å². The third-order valence-corrected chi connectivity index (χ3v) is 3.67. The second kappa shape index (κ2) is 5.31. The van der Waals surface area contributed by atoms with Crippen LogP contribution in [0.15, 0.2) is 36.8 Å². The molecule has 0 aliphatic carbocycles. The number of H-pyrrole nitrogens is 1. The van der Waals surface area contributed by atoms with Gasteiger partial charge >= 0.3 is 0 Å². The van der Waals surface area contributed by atoms with E-state index in [4.69, 9.17) is 0 Å². The number of aromatic amines is 1. The molecule has 21 heavy (non-hydrogen) atoms. The van der Waals surface area contributed by atoms with Crippen molar-refractivity contribution in [1.82, 2.24) is 25.3 Å². The molecule has 1 unspecified atom stereocenters. The van der Waals surface area contributed by atoms with Gasteiger partial charge in [-0.1, -0.05) is 18.2 Å². The third-order valence-electron chi connectivity index (χ3n) is 3.67. The number of para-hydroxylation sites is 1. The van der Waals surface area contributed by atoms with E-state index in [9.17, 15) is 5.11 Å². The highest BCUT2D eigenvalue weighted by molar-refractivity contribution is 5.81. The van der Waals surface area contributed by atoms with Crippen molar-refractivity contribution in [1.29, 1.82) is 0 Å². The van der Waals surface area contributed by atoms with E-state index in [-0.39, 0.29) is 0 Å². The van der Waals surface area contributed by atoms with Gasteiger partial charge in [0.05, 0.1) is 17.9 Å². The fraction of sp³-hybridized carbons (Fsp3) is 0.333. The maximum atomic E-state index is 10.5. The first-order chi connectivity index (χ1) is 10.1. The first-order valence-corrected chi connectivity index (χ1v) is 6.89. The number of hydrogen-bond donors (Lipinski definition) is 3. The lowest BCUT2D eigenvalue weighted by Gasteiger charge is -2.22. The number of rotatable bonds is 5. The Labute approximate surface area is 122 Å². The molecule has 0 amide bonds. The van der Waals surface area contributed by atoms with E-state index < -0.39 is 5.60 Å². The predicted molar refractivity (Wildman–Crippen MR) is 80.6 cm³/mol. The van der Waals surface area contributed by atoms with Crippen LogP contribution >= 0.6 is 0 Å². The monoisotopic (exact) mass is 285 g/mol. The fourth-order valence-corrected chi connectivity index (χ4v) is 2.42. The number of benzene rings is 1. The quantitative estimate of drug-likeness (QED) is 0.660. The van der Waals surface area contributed by atoms with E-state index in [0.29, 0.717) is 13.1 Å². The Morgan fingerprint density at radius 3 is 3.00 bits per heavy atom. The number of nitrogens with one attached hydrogen (secondary N) is 2. The first-order valence-electron chi connectivity index (χ1n) is 6.89. The molecular formula is C15H19N5O. The third kappa shape index (κ3) is 2.81. The SMILES string of the molecule is Cn1cc(C(C)(O)CNCc2cccc3cn[nH]c23)cn1. The lowest BCUT2D eigenvalue weighted by Crippen LogP contribution is -2.34. The molecule has 1 aromatic carbocycles. The molecule has 3 aromatic rings. The highest BCUT2D eigenvalue weighted by atomic mass is 16.3. The number of nitrogens with zero attached hydrogens (tertiary/aromatic N) is 3.